The molecule has 1 fully saturated rings. The van der Waals surface area contributed by atoms with Crippen molar-refractivity contribution in [2.24, 2.45) is 5.92 Å². The number of rotatable bonds is 5. The number of ether oxygens (including phenoxy) is 1. The fraction of sp³-hybridized carbons (Fsp3) is 0.588. The molecule has 7 heteroatoms. The summed E-state index contributed by atoms with van der Waals surface area (Å²) in [4.78, 5) is 14.6. The lowest BCUT2D eigenvalue weighted by atomic mass is 10.0. The van der Waals surface area contributed by atoms with Gasteiger partial charge in [-0.05, 0) is 37.0 Å². The Hall–Kier alpha value is -1.44. The third-order valence-electron chi connectivity index (χ3n) is 4.17. The van der Waals surface area contributed by atoms with Crippen molar-refractivity contribution in [2.45, 2.75) is 38.6 Å². The molecular formula is C17H26N2O4S. The molecule has 1 saturated heterocycles. The van der Waals surface area contributed by atoms with Crippen molar-refractivity contribution in [1.82, 2.24) is 9.62 Å². The van der Waals surface area contributed by atoms with Gasteiger partial charge in [0, 0.05) is 13.1 Å². The van der Waals surface area contributed by atoms with Crippen molar-refractivity contribution in [3.8, 4) is 0 Å². The van der Waals surface area contributed by atoms with Gasteiger partial charge in [-0.1, -0.05) is 26.0 Å². The van der Waals surface area contributed by atoms with Gasteiger partial charge in [0.05, 0.1) is 18.1 Å². The summed E-state index contributed by atoms with van der Waals surface area (Å²) in [6, 6.07) is 4.49. The molecule has 1 aromatic carbocycles. The van der Waals surface area contributed by atoms with E-state index < -0.39 is 16.1 Å². The van der Waals surface area contributed by atoms with E-state index >= 15 is 0 Å². The number of carbonyl (C=O) groups is 1. The van der Waals surface area contributed by atoms with Crippen molar-refractivity contribution in [2.75, 3.05) is 26.3 Å². The van der Waals surface area contributed by atoms with E-state index in [1.54, 1.807) is 24.0 Å². The van der Waals surface area contributed by atoms with Crippen molar-refractivity contribution >= 4 is 15.9 Å². The van der Waals surface area contributed by atoms with E-state index in [1.807, 2.05) is 26.8 Å². The quantitative estimate of drug-likeness (QED) is 0.869. The molecular weight excluding hydrogens is 328 g/mol. The van der Waals surface area contributed by atoms with Crippen LogP contribution in [0.15, 0.2) is 23.1 Å². The highest BCUT2D eigenvalue weighted by molar-refractivity contribution is 7.89. The SMILES string of the molecule is Cc1ccc(C)c(S(=O)(=O)N[C@@H](C(=O)N2CCOCC2)C(C)C)c1. The maximum Gasteiger partial charge on any atom is 0.241 e. The van der Waals surface area contributed by atoms with Crippen LogP contribution in [0.5, 0.6) is 0 Å². The number of hydrogen-bond donors (Lipinski definition) is 1. The van der Waals surface area contributed by atoms with E-state index in [0.29, 0.717) is 31.9 Å². The molecule has 0 bridgehead atoms. The fourth-order valence-corrected chi connectivity index (χ4v) is 4.35. The highest BCUT2D eigenvalue weighted by Crippen LogP contribution is 2.19. The second-order valence-electron chi connectivity index (χ2n) is 6.55. The summed E-state index contributed by atoms with van der Waals surface area (Å²) in [5.74, 6) is -0.345. The summed E-state index contributed by atoms with van der Waals surface area (Å²) in [7, 11) is -3.77. The lowest BCUT2D eigenvalue weighted by Crippen LogP contribution is -2.53. The van der Waals surface area contributed by atoms with Crippen LogP contribution in [0.1, 0.15) is 25.0 Å². The van der Waals surface area contributed by atoms with Gasteiger partial charge >= 0.3 is 0 Å². The summed E-state index contributed by atoms with van der Waals surface area (Å²) in [6.07, 6.45) is 0. The van der Waals surface area contributed by atoms with E-state index in [-0.39, 0.29) is 16.7 Å². The number of nitrogens with one attached hydrogen (secondary N) is 1. The summed E-state index contributed by atoms with van der Waals surface area (Å²) in [5.41, 5.74) is 1.52. The van der Waals surface area contributed by atoms with Crippen molar-refractivity contribution in [3.63, 3.8) is 0 Å². The zero-order valence-electron chi connectivity index (χ0n) is 14.7. The second kappa shape index (κ2) is 7.63. The van der Waals surface area contributed by atoms with Crippen LogP contribution in [0.25, 0.3) is 0 Å². The van der Waals surface area contributed by atoms with E-state index in [2.05, 4.69) is 4.72 Å². The van der Waals surface area contributed by atoms with Gasteiger partial charge in [-0.15, -0.1) is 0 Å². The number of carbonyl (C=O) groups excluding carboxylic acids is 1. The molecule has 0 aromatic heterocycles. The Balaban J connectivity index is 2.26. The molecule has 6 nitrogen and oxygen atoms in total. The van der Waals surface area contributed by atoms with Gasteiger partial charge in [0.25, 0.3) is 0 Å². The van der Waals surface area contributed by atoms with Gasteiger partial charge in [-0.3, -0.25) is 4.79 Å². The first-order chi connectivity index (χ1) is 11.2. The molecule has 24 heavy (non-hydrogen) atoms. The largest absolute Gasteiger partial charge is 0.378 e. The number of benzene rings is 1. The molecule has 1 aromatic rings. The van der Waals surface area contributed by atoms with Crippen LogP contribution in [0.3, 0.4) is 0 Å². The maximum absolute atomic E-state index is 12.8. The minimum atomic E-state index is -3.77. The summed E-state index contributed by atoms with van der Waals surface area (Å²) < 4.78 is 33.5. The zero-order chi connectivity index (χ0) is 17.9. The van der Waals surface area contributed by atoms with Gasteiger partial charge in [-0.2, -0.15) is 4.72 Å². The highest BCUT2D eigenvalue weighted by atomic mass is 32.2. The van der Waals surface area contributed by atoms with Gasteiger partial charge in [0.1, 0.15) is 6.04 Å². The Kier molecular flexibility index (Phi) is 6.01. The minimum Gasteiger partial charge on any atom is -0.378 e. The Morgan fingerprint density at radius 2 is 1.83 bits per heavy atom. The standard InChI is InChI=1S/C17H26N2O4S/c1-12(2)16(17(20)19-7-9-23-10-8-19)18-24(21,22)15-11-13(3)5-6-14(15)4/h5-6,11-12,16,18H,7-10H2,1-4H3/t16-/m1/s1. The highest BCUT2D eigenvalue weighted by Gasteiger charge is 2.32. The Labute approximate surface area is 144 Å². The Morgan fingerprint density at radius 3 is 2.42 bits per heavy atom. The van der Waals surface area contributed by atoms with E-state index in [0.717, 1.165) is 5.56 Å². The topological polar surface area (TPSA) is 75.7 Å². The first-order valence-electron chi connectivity index (χ1n) is 8.18. The molecule has 1 aliphatic rings. The zero-order valence-corrected chi connectivity index (χ0v) is 15.5. The average molecular weight is 354 g/mol. The Bertz CT molecular complexity index is 695. The molecule has 0 spiro atoms. The third kappa shape index (κ3) is 4.34. The molecule has 0 radical (unpaired) electrons. The summed E-state index contributed by atoms with van der Waals surface area (Å²) in [5, 5.41) is 0. The van der Waals surface area contributed by atoms with Crippen molar-refractivity contribution in [3.05, 3.63) is 29.3 Å². The van der Waals surface area contributed by atoms with E-state index in [4.69, 9.17) is 4.74 Å². The predicted octanol–water partition coefficient (Wildman–Crippen LogP) is 1.47. The lowest BCUT2D eigenvalue weighted by Gasteiger charge is -2.32. The Morgan fingerprint density at radius 1 is 1.21 bits per heavy atom. The molecule has 134 valence electrons. The van der Waals surface area contributed by atoms with E-state index in [1.165, 1.54) is 0 Å². The van der Waals surface area contributed by atoms with Crippen LogP contribution in [0.2, 0.25) is 0 Å². The van der Waals surface area contributed by atoms with Crippen LogP contribution in [0, 0.1) is 19.8 Å². The molecule has 0 unspecified atom stereocenters. The molecule has 1 heterocycles. The molecule has 1 atom stereocenters. The minimum absolute atomic E-state index is 0.153. The lowest BCUT2D eigenvalue weighted by molar-refractivity contribution is -0.138. The van der Waals surface area contributed by atoms with Gasteiger partial charge < -0.3 is 9.64 Å². The molecule has 0 saturated carbocycles. The van der Waals surface area contributed by atoms with Crippen molar-refractivity contribution in [1.29, 1.82) is 0 Å². The fourth-order valence-electron chi connectivity index (χ4n) is 2.68. The smallest absolute Gasteiger partial charge is 0.241 e. The number of amides is 1. The maximum atomic E-state index is 12.8. The number of nitrogens with zero attached hydrogens (tertiary/aromatic N) is 1. The van der Waals surface area contributed by atoms with Gasteiger partial charge in [0.2, 0.25) is 15.9 Å². The van der Waals surface area contributed by atoms with Crippen LogP contribution >= 0.6 is 0 Å². The molecule has 0 aliphatic carbocycles. The molecule has 1 amide bonds. The monoisotopic (exact) mass is 354 g/mol. The van der Waals surface area contributed by atoms with Gasteiger partial charge in [-0.25, -0.2) is 8.42 Å². The second-order valence-corrected chi connectivity index (χ2v) is 8.23. The normalized spacial score (nSPS) is 17.1. The predicted molar refractivity (Wildman–Crippen MR) is 92.3 cm³/mol. The molecule has 1 N–H and O–H groups in total. The first-order valence-corrected chi connectivity index (χ1v) is 9.67. The first kappa shape index (κ1) is 18.9. The molecule has 1 aliphatic heterocycles. The van der Waals surface area contributed by atoms with Crippen LogP contribution in [0.4, 0.5) is 0 Å². The van der Waals surface area contributed by atoms with Gasteiger partial charge in [0.15, 0.2) is 0 Å². The third-order valence-corrected chi connectivity index (χ3v) is 5.75. The molecule has 2 rings (SSSR count). The van der Waals surface area contributed by atoms with Crippen LogP contribution in [-0.4, -0.2) is 51.6 Å². The number of hydrogen-bond acceptors (Lipinski definition) is 4. The van der Waals surface area contributed by atoms with E-state index in [9.17, 15) is 13.2 Å². The summed E-state index contributed by atoms with van der Waals surface area (Å²) in [6.45, 7) is 9.24. The average Bonchev–Trinajstić information content (AvgIpc) is 2.54. The number of morpholine rings is 1. The number of sulfonamides is 1. The van der Waals surface area contributed by atoms with Crippen LogP contribution < -0.4 is 4.72 Å². The number of aryl methyl sites for hydroxylation is 2. The van der Waals surface area contributed by atoms with Crippen LogP contribution in [-0.2, 0) is 19.6 Å². The summed E-state index contributed by atoms with van der Waals surface area (Å²) >= 11 is 0. The van der Waals surface area contributed by atoms with Crippen molar-refractivity contribution < 1.29 is 17.9 Å².